The molecule has 0 radical (unpaired) electrons. The Morgan fingerprint density at radius 3 is 1.46 bits per heavy atom. The minimum atomic E-state index is -5.03. The molecule has 1 rings (SSSR count). The number of hydrogen-bond donors (Lipinski definition) is 6. The topological polar surface area (TPSA) is 192 Å². The molecule has 356 valence electrons. The first-order valence-electron chi connectivity index (χ1n) is 24.0. The summed E-state index contributed by atoms with van der Waals surface area (Å²) < 4.78 is 34.2. The monoisotopic (exact) mass is 887 g/mol. The van der Waals surface area contributed by atoms with Crippen LogP contribution in [0.1, 0.15) is 187 Å². The molecule has 0 aliphatic heterocycles. The highest BCUT2D eigenvalue weighted by atomic mass is 31.2. The number of rotatable bonds is 40. The van der Waals surface area contributed by atoms with Gasteiger partial charge in [-0.05, 0) is 51.4 Å². The van der Waals surface area contributed by atoms with E-state index in [0.717, 1.165) is 70.6 Å². The highest BCUT2D eigenvalue weighted by molar-refractivity contribution is 7.47. The Balaban J connectivity index is 2.39. The van der Waals surface area contributed by atoms with Crippen LogP contribution >= 0.6 is 7.82 Å². The molecule has 0 aromatic carbocycles. The van der Waals surface area contributed by atoms with Gasteiger partial charge in [0.25, 0.3) is 0 Å². The molecule has 0 aromatic rings. The number of hydrogen-bond acceptors (Lipinski definition) is 11. The number of aliphatic hydroxyl groups is 5. The number of aliphatic hydroxyl groups excluding tert-OH is 5. The van der Waals surface area contributed by atoms with Crippen molar-refractivity contribution in [3.8, 4) is 0 Å². The van der Waals surface area contributed by atoms with E-state index in [0.29, 0.717) is 13.0 Å². The molecule has 61 heavy (non-hydrogen) atoms. The molecule has 1 saturated carbocycles. The number of phosphoric acid groups is 1. The lowest BCUT2D eigenvalue weighted by Gasteiger charge is -2.41. The fourth-order valence-corrected chi connectivity index (χ4v) is 8.14. The fraction of sp³-hybridized carbons (Fsp3) is 0.812. The average molecular weight is 887 g/mol. The van der Waals surface area contributed by atoms with Crippen LogP contribution in [-0.2, 0) is 27.9 Å². The second-order valence-electron chi connectivity index (χ2n) is 16.6. The minimum absolute atomic E-state index is 0.0972. The molecule has 0 amide bonds. The van der Waals surface area contributed by atoms with Crippen molar-refractivity contribution in [2.45, 2.75) is 230 Å². The van der Waals surface area contributed by atoms with Crippen molar-refractivity contribution in [3.63, 3.8) is 0 Å². The van der Waals surface area contributed by atoms with E-state index in [4.69, 9.17) is 18.5 Å². The predicted molar refractivity (Wildman–Crippen MR) is 244 cm³/mol. The Morgan fingerprint density at radius 2 is 0.967 bits per heavy atom. The lowest BCUT2D eigenvalue weighted by Crippen LogP contribution is -2.64. The first-order valence-corrected chi connectivity index (χ1v) is 25.5. The lowest BCUT2D eigenvalue weighted by atomic mass is 9.85. The largest absolute Gasteiger partial charge is 0.472 e. The Labute approximate surface area is 369 Å². The maximum atomic E-state index is 12.8. The number of carbonyl (C=O) groups is 1. The number of ether oxygens (including phenoxy) is 2. The van der Waals surface area contributed by atoms with E-state index in [9.17, 15) is 39.8 Å². The van der Waals surface area contributed by atoms with Gasteiger partial charge in [-0.15, -0.1) is 0 Å². The molecule has 0 spiro atoms. The highest BCUT2D eigenvalue weighted by Gasteiger charge is 2.51. The molecule has 13 heteroatoms. The number of esters is 1. The van der Waals surface area contributed by atoms with Crippen molar-refractivity contribution < 1.29 is 58.3 Å². The first-order chi connectivity index (χ1) is 29.5. The molecular weight excluding hydrogens is 799 g/mol. The smallest absolute Gasteiger partial charge is 0.457 e. The van der Waals surface area contributed by atoms with Gasteiger partial charge in [-0.3, -0.25) is 13.8 Å². The van der Waals surface area contributed by atoms with Crippen molar-refractivity contribution in [2.24, 2.45) is 0 Å². The van der Waals surface area contributed by atoms with E-state index in [1.54, 1.807) is 0 Å². The van der Waals surface area contributed by atoms with E-state index < -0.39 is 63.1 Å². The summed E-state index contributed by atoms with van der Waals surface area (Å²) in [5.74, 6) is -0.487. The van der Waals surface area contributed by atoms with Crippen LogP contribution in [0.4, 0.5) is 0 Å². The summed E-state index contributed by atoms with van der Waals surface area (Å²) in [5, 5.41) is 50.2. The molecule has 6 unspecified atom stereocenters. The Hall–Kier alpha value is -1.70. The SMILES string of the molecule is CC/C=C\C/C=C\C/C=C\C/C=C\CCCCCOCC(COP(=O)(O)OC1C(O)C(O)C(O)C(O)C1O)OC(=O)CCCCCCCCCCCCCCCCCCCC. The van der Waals surface area contributed by atoms with Gasteiger partial charge in [0.2, 0.25) is 0 Å². The summed E-state index contributed by atoms with van der Waals surface area (Å²) in [4.78, 5) is 23.2. The molecule has 1 fully saturated rings. The standard InChI is InChI=1S/C48H87O12P/c1-3-5-7-9-11-13-15-17-19-21-22-23-25-27-29-31-33-35-37-42(49)59-41(40-58-61(55,56)60-48-46(53)44(51)43(50)45(52)47(48)54)39-57-38-36-34-32-30-28-26-24-20-18-16-14-12-10-8-6-4-2/h6,8,12,14,18,20,26,28,41,43-48,50-54H,3-5,7,9-11,13,15-17,19,21-25,27,29-40H2,1-2H3,(H,55,56)/b8-6-,14-12-,20-18-,28-26-. The molecule has 6 N–H and O–H groups in total. The number of allylic oxidation sites excluding steroid dienone is 8. The maximum absolute atomic E-state index is 12.8. The third kappa shape index (κ3) is 30.9. The van der Waals surface area contributed by atoms with Crippen molar-refractivity contribution in [2.75, 3.05) is 19.8 Å². The van der Waals surface area contributed by atoms with Gasteiger partial charge in [-0.1, -0.05) is 178 Å². The normalized spacial score (nSPS) is 22.6. The Bertz CT molecular complexity index is 1190. The molecule has 0 bridgehead atoms. The van der Waals surface area contributed by atoms with Gasteiger partial charge in [0.15, 0.2) is 0 Å². The van der Waals surface area contributed by atoms with Crippen LogP contribution in [0.25, 0.3) is 0 Å². The molecular formula is C48H87O12P. The molecule has 0 saturated heterocycles. The van der Waals surface area contributed by atoms with Gasteiger partial charge in [-0.2, -0.15) is 0 Å². The molecule has 1 aliphatic carbocycles. The highest BCUT2D eigenvalue weighted by Crippen LogP contribution is 2.47. The van der Waals surface area contributed by atoms with E-state index in [1.165, 1.54) is 89.9 Å². The van der Waals surface area contributed by atoms with Gasteiger partial charge in [-0.25, -0.2) is 4.57 Å². The van der Waals surface area contributed by atoms with Crippen LogP contribution < -0.4 is 0 Å². The minimum Gasteiger partial charge on any atom is -0.457 e. The zero-order valence-corrected chi connectivity index (χ0v) is 38.8. The maximum Gasteiger partial charge on any atom is 0.472 e. The van der Waals surface area contributed by atoms with Crippen LogP contribution in [0.2, 0.25) is 0 Å². The molecule has 6 atom stereocenters. The van der Waals surface area contributed by atoms with Crippen molar-refractivity contribution >= 4 is 13.8 Å². The summed E-state index contributed by atoms with van der Waals surface area (Å²) in [6.07, 6.45) is 34.7. The van der Waals surface area contributed by atoms with Gasteiger partial charge in [0.1, 0.15) is 42.7 Å². The third-order valence-electron chi connectivity index (χ3n) is 11.0. The quantitative estimate of drug-likeness (QED) is 0.0148. The molecule has 1 aliphatic rings. The lowest BCUT2D eigenvalue weighted by molar-refractivity contribution is -0.220. The Kier molecular flexibility index (Phi) is 36.4. The number of carbonyl (C=O) groups excluding carboxylic acids is 1. The van der Waals surface area contributed by atoms with E-state index in [-0.39, 0.29) is 13.0 Å². The van der Waals surface area contributed by atoms with Crippen LogP contribution in [-0.4, -0.2) is 98.9 Å². The average Bonchev–Trinajstić information content (AvgIpc) is 3.24. The summed E-state index contributed by atoms with van der Waals surface area (Å²) in [6, 6.07) is 0. The number of phosphoric ester groups is 1. The van der Waals surface area contributed by atoms with E-state index in [1.807, 2.05) is 0 Å². The van der Waals surface area contributed by atoms with Crippen LogP contribution in [0.3, 0.4) is 0 Å². The van der Waals surface area contributed by atoms with Gasteiger partial charge >= 0.3 is 13.8 Å². The van der Waals surface area contributed by atoms with E-state index >= 15 is 0 Å². The fourth-order valence-electron chi connectivity index (χ4n) is 7.17. The zero-order valence-electron chi connectivity index (χ0n) is 38.0. The molecule has 0 aromatic heterocycles. The predicted octanol–water partition coefficient (Wildman–Crippen LogP) is 10.0. The van der Waals surface area contributed by atoms with Crippen molar-refractivity contribution in [1.82, 2.24) is 0 Å². The van der Waals surface area contributed by atoms with Gasteiger partial charge in [0, 0.05) is 13.0 Å². The number of unbranched alkanes of at least 4 members (excludes halogenated alkanes) is 20. The molecule has 12 nitrogen and oxygen atoms in total. The van der Waals surface area contributed by atoms with E-state index in [2.05, 4.69) is 62.5 Å². The van der Waals surface area contributed by atoms with Gasteiger partial charge in [0.05, 0.1) is 13.2 Å². The second kappa shape index (κ2) is 38.7. The van der Waals surface area contributed by atoms with Crippen LogP contribution in [0.15, 0.2) is 48.6 Å². The summed E-state index contributed by atoms with van der Waals surface area (Å²) in [5.41, 5.74) is 0. The zero-order chi connectivity index (χ0) is 44.8. The summed E-state index contributed by atoms with van der Waals surface area (Å²) in [7, 11) is -5.03. The van der Waals surface area contributed by atoms with Crippen LogP contribution in [0, 0.1) is 0 Å². The van der Waals surface area contributed by atoms with Crippen molar-refractivity contribution in [3.05, 3.63) is 48.6 Å². The van der Waals surface area contributed by atoms with Crippen LogP contribution in [0.5, 0.6) is 0 Å². The molecule has 0 heterocycles. The summed E-state index contributed by atoms with van der Waals surface area (Å²) >= 11 is 0. The van der Waals surface area contributed by atoms with Gasteiger partial charge < -0.3 is 39.9 Å². The second-order valence-corrected chi connectivity index (χ2v) is 18.0. The first kappa shape index (κ1) is 57.3. The summed E-state index contributed by atoms with van der Waals surface area (Å²) in [6.45, 7) is 4.09. The van der Waals surface area contributed by atoms with Crippen molar-refractivity contribution in [1.29, 1.82) is 0 Å². The Morgan fingerprint density at radius 1 is 0.541 bits per heavy atom. The third-order valence-corrected chi connectivity index (χ3v) is 12.0.